The molecule has 1 unspecified atom stereocenters. The van der Waals surface area contributed by atoms with Crippen LogP contribution in [0.1, 0.15) is 38.9 Å². The van der Waals surface area contributed by atoms with Gasteiger partial charge in [0.1, 0.15) is 4.90 Å². The Bertz CT molecular complexity index is 563. The smallest absolute Gasteiger partial charge is 0.244 e. The maximum absolute atomic E-state index is 12.7. The summed E-state index contributed by atoms with van der Waals surface area (Å²) in [5, 5.41) is 3.09. The van der Waals surface area contributed by atoms with Crippen LogP contribution in [0.25, 0.3) is 0 Å². The van der Waals surface area contributed by atoms with Crippen LogP contribution in [0.4, 0.5) is 0 Å². The molecule has 1 saturated heterocycles. The summed E-state index contributed by atoms with van der Waals surface area (Å²) in [6.07, 6.45) is 2.73. The highest BCUT2D eigenvalue weighted by Crippen LogP contribution is 2.26. The van der Waals surface area contributed by atoms with E-state index in [1.807, 2.05) is 11.6 Å². The zero-order valence-electron chi connectivity index (χ0n) is 12.8. The van der Waals surface area contributed by atoms with E-state index in [0.29, 0.717) is 30.4 Å². The van der Waals surface area contributed by atoms with Gasteiger partial charge in [-0.25, -0.2) is 8.42 Å². The number of nitrogens with one attached hydrogen (secondary N) is 1. The van der Waals surface area contributed by atoms with Gasteiger partial charge in [0.2, 0.25) is 10.0 Å². The van der Waals surface area contributed by atoms with Crippen LogP contribution in [0, 0.1) is 5.92 Å². The fraction of sp³-hybridized carbons (Fsp3) is 0.714. The average molecular weight is 299 g/mol. The summed E-state index contributed by atoms with van der Waals surface area (Å²) in [6.45, 7) is 8.17. The van der Waals surface area contributed by atoms with E-state index in [0.717, 1.165) is 12.1 Å². The van der Waals surface area contributed by atoms with Crippen LogP contribution >= 0.6 is 0 Å². The predicted octanol–water partition coefficient (Wildman–Crippen LogP) is 1.82. The molecule has 0 aliphatic carbocycles. The number of rotatable bonds is 5. The van der Waals surface area contributed by atoms with Crippen molar-refractivity contribution in [3.8, 4) is 0 Å². The molecular formula is C14H25N3O2S. The van der Waals surface area contributed by atoms with Crippen molar-refractivity contribution in [3.05, 3.63) is 18.0 Å². The molecule has 5 nitrogen and oxygen atoms in total. The summed E-state index contributed by atoms with van der Waals surface area (Å²) in [4.78, 5) is 0.422. The molecule has 2 rings (SSSR count). The predicted molar refractivity (Wildman–Crippen MR) is 80.1 cm³/mol. The molecule has 1 atom stereocenters. The Morgan fingerprint density at radius 1 is 1.45 bits per heavy atom. The molecule has 0 bridgehead atoms. The Labute approximate surface area is 122 Å². The molecule has 6 heteroatoms. The molecule has 1 aliphatic heterocycles. The lowest BCUT2D eigenvalue weighted by molar-refractivity contribution is 0.464. The summed E-state index contributed by atoms with van der Waals surface area (Å²) in [5.74, 6) is 0.453. The Kier molecular flexibility index (Phi) is 4.56. The second kappa shape index (κ2) is 5.87. The van der Waals surface area contributed by atoms with E-state index in [4.69, 9.17) is 0 Å². The van der Waals surface area contributed by atoms with Crippen LogP contribution in [-0.4, -0.2) is 37.4 Å². The lowest BCUT2D eigenvalue weighted by Crippen LogP contribution is -2.28. The minimum Gasteiger partial charge on any atom is -0.346 e. The first kappa shape index (κ1) is 15.5. The minimum atomic E-state index is -3.34. The van der Waals surface area contributed by atoms with Gasteiger partial charge in [-0.15, -0.1) is 0 Å². The molecule has 1 fully saturated rings. The third-order valence-electron chi connectivity index (χ3n) is 3.85. The van der Waals surface area contributed by atoms with Gasteiger partial charge in [-0.3, -0.25) is 0 Å². The van der Waals surface area contributed by atoms with Crippen molar-refractivity contribution in [2.24, 2.45) is 5.92 Å². The van der Waals surface area contributed by atoms with E-state index < -0.39 is 10.0 Å². The average Bonchev–Trinajstić information content (AvgIpc) is 2.96. The molecule has 0 saturated carbocycles. The van der Waals surface area contributed by atoms with Gasteiger partial charge >= 0.3 is 0 Å². The van der Waals surface area contributed by atoms with E-state index in [2.05, 4.69) is 26.1 Å². The zero-order valence-corrected chi connectivity index (χ0v) is 13.6. The van der Waals surface area contributed by atoms with Crippen LogP contribution < -0.4 is 5.32 Å². The number of sulfonamides is 1. The maximum Gasteiger partial charge on any atom is 0.244 e. The molecule has 20 heavy (non-hydrogen) atoms. The highest BCUT2D eigenvalue weighted by Gasteiger charge is 2.31. The first-order chi connectivity index (χ1) is 9.36. The quantitative estimate of drug-likeness (QED) is 0.902. The third-order valence-corrected chi connectivity index (χ3v) is 5.68. The monoisotopic (exact) mass is 299 g/mol. The van der Waals surface area contributed by atoms with Gasteiger partial charge in [0.25, 0.3) is 0 Å². The van der Waals surface area contributed by atoms with Crippen LogP contribution in [0.2, 0.25) is 0 Å². The molecule has 0 amide bonds. The number of hydrogen-bond donors (Lipinski definition) is 1. The van der Waals surface area contributed by atoms with Crippen molar-refractivity contribution >= 4 is 10.0 Å². The molecule has 1 aromatic rings. The van der Waals surface area contributed by atoms with Gasteiger partial charge in [0, 0.05) is 37.6 Å². The molecule has 2 heterocycles. The molecule has 1 N–H and O–H groups in total. The van der Waals surface area contributed by atoms with Gasteiger partial charge in [0.15, 0.2) is 0 Å². The Morgan fingerprint density at radius 2 is 2.15 bits per heavy atom. The van der Waals surface area contributed by atoms with Gasteiger partial charge < -0.3 is 9.88 Å². The van der Waals surface area contributed by atoms with Crippen LogP contribution in [0.3, 0.4) is 0 Å². The van der Waals surface area contributed by atoms with Crippen LogP contribution in [-0.2, 0) is 16.6 Å². The van der Waals surface area contributed by atoms with E-state index in [9.17, 15) is 8.42 Å². The van der Waals surface area contributed by atoms with Crippen molar-refractivity contribution in [3.63, 3.8) is 0 Å². The standard InChI is InChI=1S/C14H25N3O2S/c1-11(2)17-10-14(7-13(17)8-15-4)20(18,19)16-6-5-12(3)9-16/h7,10-12,15H,5-6,8-9H2,1-4H3. The van der Waals surface area contributed by atoms with Crippen LogP contribution in [0.15, 0.2) is 17.2 Å². The number of hydrogen-bond acceptors (Lipinski definition) is 3. The molecule has 114 valence electrons. The Morgan fingerprint density at radius 3 is 2.65 bits per heavy atom. The molecule has 1 aromatic heterocycles. The topological polar surface area (TPSA) is 54.3 Å². The van der Waals surface area contributed by atoms with Gasteiger partial charge in [-0.1, -0.05) is 6.92 Å². The second-order valence-corrected chi connectivity index (χ2v) is 7.89. The highest BCUT2D eigenvalue weighted by molar-refractivity contribution is 7.89. The molecule has 0 radical (unpaired) electrons. The van der Waals surface area contributed by atoms with Gasteiger partial charge in [-0.2, -0.15) is 4.31 Å². The van der Waals surface area contributed by atoms with Crippen molar-refractivity contribution in [1.82, 2.24) is 14.2 Å². The van der Waals surface area contributed by atoms with E-state index in [1.54, 1.807) is 16.6 Å². The Balaban J connectivity index is 2.34. The normalized spacial score (nSPS) is 20.9. The summed E-state index contributed by atoms with van der Waals surface area (Å²) in [6, 6.07) is 2.05. The summed E-state index contributed by atoms with van der Waals surface area (Å²) in [7, 11) is -1.47. The SMILES string of the molecule is CNCc1cc(S(=O)(=O)N2CCC(C)C2)cn1C(C)C. The zero-order chi connectivity index (χ0) is 14.9. The van der Waals surface area contributed by atoms with E-state index >= 15 is 0 Å². The second-order valence-electron chi connectivity index (χ2n) is 5.96. The number of nitrogens with zero attached hydrogens (tertiary/aromatic N) is 2. The van der Waals surface area contributed by atoms with E-state index in [-0.39, 0.29) is 6.04 Å². The van der Waals surface area contributed by atoms with Gasteiger partial charge in [-0.05, 0) is 39.3 Å². The van der Waals surface area contributed by atoms with Crippen molar-refractivity contribution in [2.75, 3.05) is 20.1 Å². The molecule has 1 aliphatic rings. The van der Waals surface area contributed by atoms with Crippen LogP contribution in [0.5, 0.6) is 0 Å². The fourth-order valence-corrected chi connectivity index (χ4v) is 4.33. The summed E-state index contributed by atoms with van der Waals surface area (Å²) < 4.78 is 29.0. The lowest BCUT2D eigenvalue weighted by atomic mass is 10.2. The highest BCUT2D eigenvalue weighted by atomic mass is 32.2. The summed E-state index contributed by atoms with van der Waals surface area (Å²) >= 11 is 0. The minimum absolute atomic E-state index is 0.250. The van der Waals surface area contributed by atoms with Crippen molar-refractivity contribution < 1.29 is 8.42 Å². The lowest BCUT2D eigenvalue weighted by Gasteiger charge is -2.15. The molecule has 0 aromatic carbocycles. The van der Waals surface area contributed by atoms with E-state index in [1.165, 1.54) is 0 Å². The first-order valence-corrected chi connectivity index (χ1v) is 8.65. The fourth-order valence-electron chi connectivity index (χ4n) is 2.70. The largest absolute Gasteiger partial charge is 0.346 e. The molecular weight excluding hydrogens is 274 g/mol. The van der Waals surface area contributed by atoms with Crippen molar-refractivity contribution in [1.29, 1.82) is 0 Å². The maximum atomic E-state index is 12.7. The first-order valence-electron chi connectivity index (χ1n) is 7.21. The summed E-state index contributed by atoms with van der Waals surface area (Å²) in [5.41, 5.74) is 1.01. The van der Waals surface area contributed by atoms with Gasteiger partial charge in [0.05, 0.1) is 0 Å². The third kappa shape index (κ3) is 2.92. The molecule has 0 spiro atoms. The number of aromatic nitrogens is 1. The van der Waals surface area contributed by atoms with Crippen molar-refractivity contribution in [2.45, 2.75) is 44.7 Å². The Hall–Kier alpha value is -0.850.